The Labute approximate surface area is 175 Å². The molecule has 0 heterocycles. The maximum Gasteiger partial charge on any atom is 0.174 e. The van der Waals surface area contributed by atoms with Crippen LogP contribution in [0.4, 0.5) is 16.9 Å². The summed E-state index contributed by atoms with van der Waals surface area (Å²) in [5.41, 5.74) is 0. The first kappa shape index (κ1) is 22.6. The average molecular weight is 549 g/mol. The zero-order valence-corrected chi connectivity index (χ0v) is 18.8. The molecule has 4 rings (SSSR count). The van der Waals surface area contributed by atoms with Gasteiger partial charge in [0, 0.05) is 5.39 Å². The zero-order chi connectivity index (χ0) is 21.9. The molecule has 0 radical (unpaired) electrons. The number of benzene rings is 4. The third-order valence-corrected chi connectivity index (χ3v) is 6.21. The Bertz CT molecular complexity index is 1070. The second-order valence-corrected chi connectivity index (χ2v) is 13.8. The van der Waals surface area contributed by atoms with Crippen molar-refractivity contribution in [3.8, 4) is 0 Å². The molecule has 30 heavy (non-hydrogen) atoms. The summed E-state index contributed by atoms with van der Waals surface area (Å²) in [6.07, 6.45) is 0. The van der Waals surface area contributed by atoms with E-state index in [0.29, 0.717) is 0 Å². The molecule has 0 bridgehead atoms. The van der Waals surface area contributed by atoms with Crippen molar-refractivity contribution in [1.82, 2.24) is 0 Å². The fraction of sp³-hybridized carbons (Fsp3) is 0. The standard InChI is InChI=1S/C22H17S.6FH.Sb/c1-3-12-19(13-4-1)23(20-14-5-2-6-15-20)22-17-9-11-18-10-7-8-16-21(18)22;;;;;;;/h1-17H;6*1H;/q+1;;;;;;;+5/p-6. The minimum Gasteiger partial charge on any atom is -0.0619 e. The zero-order valence-electron chi connectivity index (χ0n) is 15.4. The van der Waals surface area contributed by atoms with Gasteiger partial charge in [-0.1, -0.05) is 66.7 Å². The SMILES string of the molecule is [F][Sb-]([F])([F])([F])([F])[F].c1ccc([S+](c2ccccc2)c2cccc3ccccc23)cc1. The molecule has 0 fully saturated rings. The first-order chi connectivity index (χ1) is 13.9. The first-order valence-corrected chi connectivity index (χ1v) is 15.8. The Kier molecular flexibility index (Phi) is 5.91. The number of hydrogen-bond acceptors (Lipinski definition) is 0. The van der Waals surface area contributed by atoms with Crippen LogP contribution in [0.25, 0.3) is 10.8 Å². The minimum absolute atomic E-state index is 0.0892. The predicted molar refractivity (Wildman–Crippen MR) is 111 cm³/mol. The predicted octanol–water partition coefficient (Wildman–Crippen LogP) is 8.08. The molecule has 0 nitrogen and oxygen atoms in total. The largest absolute Gasteiger partial charge is 0.174 e. The topological polar surface area (TPSA) is 0 Å². The van der Waals surface area contributed by atoms with Gasteiger partial charge in [0.05, 0.1) is 10.9 Å². The number of rotatable bonds is 3. The maximum absolute atomic E-state index is 11.2. The van der Waals surface area contributed by atoms with Gasteiger partial charge in [-0.3, -0.25) is 0 Å². The van der Waals surface area contributed by atoms with Crippen molar-refractivity contribution in [3.05, 3.63) is 103 Å². The second-order valence-electron chi connectivity index (χ2n) is 6.37. The van der Waals surface area contributed by atoms with Gasteiger partial charge in [0.25, 0.3) is 0 Å². The summed E-state index contributed by atoms with van der Waals surface area (Å²) in [5.74, 6) is 0. The van der Waals surface area contributed by atoms with Crippen molar-refractivity contribution < 1.29 is 16.9 Å². The summed E-state index contributed by atoms with van der Waals surface area (Å²) >= 11 is -11.2. The Morgan fingerprint density at radius 3 is 1.37 bits per heavy atom. The van der Waals surface area contributed by atoms with Crippen LogP contribution >= 0.6 is 0 Å². The van der Waals surface area contributed by atoms with Crippen molar-refractivity contribution >= 4 is 41.1 Å². The van der Waals surface area contributed by atoms with Gasteiger partial charge in [0.1, 0.15) is 0 Å². The molecule has 158 valence electrons. The van der Waals surface area contributed by atoms with Gasteiger partial charge in [-0.05, 0) is 41.8 Å². The van der Waals surface area contributed by atoms with E-state index in [1.807, 2.05) is 0 Å². The molecule has 4 aromatic rings. The van der Waals surface area contributed by atoms with E-state index in [0.717, 1.165) is 0 Å². The van der Waals surface area contributed by atoms with Crippen LogP contribution in [0, 0.1) is 0 Å². The van der Waals surface area contributed by atoms with Crippen molar-refractivity contribution in [3.63, 3.8) is 0 Å². The number of fused-ring (bicyclic) bond motifs is 1. The van der Waals surface area contributed by atoms with Crippen LogP contribution < -0.4 is 0 Å². The molecule has 0 aliphatic carbocycles. The van der Waals surface area contributed by atoms with Crippen LogP contribution in [-0.2, 0) is 10.9 Å². The molecule has 0 aliphatic heterocycles. The van der Waals surface area contributed by atoms with Crippen molar-refractivity contribution in [2.45, 2.75) is 14.7 Å². The Morgan fingerprint density at radius 2 is 0.867 bits per heavy atom. The van der Waals surface area contributed by atoms with Crippen LogP contribution in [0.1, 0.15) is 0 Å². The molecule has 0 saturated heterocycles. The van der Waals surface area contributed by atoms with E-state index >= 15 is 0 Å². The molecule has 0 N–H and O–H groups in total. The molecule has 0 aliphatic rings. The van der Waals surface area contributed by atoms with E-state index in [2.05, 4.69) is 103 Å². The first-order valence-electron chi connectivity index (χ1n) is 8.77. The molecule has 0 spiro atoms. The van der Waals surface area contributed by atoms with Crippen LogP contribution in [0.3, 0.4) is 0 Å². The quantitative estimate of drug-likeness (QED) is 0.138. The van der Waals surface area contributed by atoms with Crippen LogP contribution in [0.2, 0.25) is 0 Å². The fourth-order valence-electron chi connectivity index (χ4n) is 2.88. The summed E-state index contributed by atoms with van der Waals surface area (Å²) < 4.78 is 59.6. The molecule has 0 unspecified atom stereocenters. The summed E-state index contributed by atoms with van der Waals surface area (Å²) in [5, 5.41) is 2.64. The van der Waals surface area contributed by atoms with Crippen LogP contribution in [-0.4, -0.2) is 19.5 Å². The van der Waals surface area contributed by atoms with Gasteiger partial charge in [-0.2, -0.15) is 0 Å². The van der Waals surface area contributed by atoms with E-state index in [9.17, 15) is 16.9 Å². The van der Waals surface area contributed by atoms with Crippen molar-refractivity contribution in [1.29, 1.82) is 0 Å². The fourth-order valence-corrected chi connectivity index (χ4v) is 5.14. The van der Waals surface area contributed by atoms with Gasteiger partial charge in [0.2, 0.25) is 0 Å². The van der Waals surface area contributed by atoms with E-state index < -0.39 is 19.5 Å². The van der Waals surface area contributed by atoms with Crippen LogP contribution in [0.5, 0.6) is 0 Å². The Morgan fingerprint density at radius 1 is 0.467 bits per heavy atom. The molecule has 4 aromatic carbocycles. The van der Waals surface area contributed by atoms with Crippen molar-refractivity contribution in [2.24, 2.45) is 0 Å². The molecule has 0 amide bonds. The van der Waals surface area contributed by atoms with Gasteiger partial charge in [0.15, 0.2) is 14.7 Å². The summed E-state index contributed by atoms with van der Waals surface area (Å²) in [6.45, 7) is 0. The Balaban J connectivity index is 0.000000318. The summed E-state index contributed by atoms with van der Waals surface area (Å²) in [4.78, 5) is 4.10. The summed E-state index contributed by atoms with van der Waals surface area (Å²) in [6, 6.07) is 36.9. The normalized spacial score (nSPS) is 13.8. The van der Waals surface area contributed by atoms with E-state index in [1.54, 1.807) is 0 Å². The minimum atomic E-state index is -11.2. The Hall–Kier alpha value is -2.11. The number of hydrogen-bond donors (Lipinski definition) is 0. The van der Waals surface area contributed by atoms with Gasteiger partial charge in [-0.15, -0.1) is 0 Å². The van der Waals surface area contributed by atoms with Gasteiger partial charge in [-0.25, -0.2) is 0 Å². The third-order valence-electron chi connectivity index (χ3n) is 3.93. The molecule has 8 heteroatoms. The van der Waals surface area contributed by atoms with E-state index in [1.165, 1.54) is 25.5 Å². The smallest absolute Gasteiger partial charge is 0.0619 e. The molecule has 0 aromatic heterocycles. The molecular weight excluding hydrogens is 532 g/mol. The second kappa shape index (κ2) is 7.86. The van der Waals surface area contributed by atoms with E-state index in [4.69, 9.17) is 0 Å². The monoisotopic (exact) mass is 548 g/mol. The maximum atomic E-state index is 9.93. The van der Waals surface area contributed by atoms with Crippen molar-refractivity contribution in [2.75, 3.05) is 0 Å². The molecule has 0 atom stereocenters. The van der Waals surface area contributed by atoms with Crippen LogP contribution in [0.15, 0.2) is 118 Å². The van der Waals surface area contributed by atoms with Gasteiger partial charge >= 0.3 is 36.4 Å². The third kappa shape index (κ3) is 7.29. The van der Waals surface area contributed by atoms with E-state index in [-0.39, 0.29) is 10.9 Å². The summed E-state index contributed by atoms with van der Waals surface area (Å²) in [7, 11) is -0.0892. The van der Waals surface area contributed by atoms with Gasteiger partial charge < -0.3 is 0 Å². The molecule has 0 saturated carbocycles. The number of halogens is 6. The average Bonchev–Trinajstić information content (AvgIpc) is 2.68. The molecular formula is C22H17F6SSb.